The first kappa shape index (κ1) is 19.4. The Labute approximate surface area is 163 Å². The van der Waals surface area contributed by atoms with Crippen LogP contribution in [0.15, 0.2) is 0 Å². The quantitative estimate of drug-likeness (QED) is 0.773. The van der Waals surface area contributed by atoms with Gasteiger partial charge in [0.2, 0.25) is 0 Å². The molecule has 27 heavy (non-hydrogen) atoms. The van der Waals surface area contributed by atoms with Crippen molar-refractivity contribution >= 4 is 11.8 Å². The fourth-order valence-corrected chi connectivity index (χ4v) is 8.08. The summed E-state index contributed by atoms with van der Waals surface area (Å²) in [5.74, 6) is 3.43. The summed E-state index contributed by atoms with van der Waals surface area (Å²) in [7, 11) is 0. The molecule has 10 atom stereocenters. The summed E-state index contributed by atoms with van der Waals surface area (Å²) in [5, 5.41) is 19.4. The molecule has 4 saturated carbocycles. The van der Waals surface area contributed by atoms with Crippen molar-refractivity contribution in [1.29, 1.82) is 0 Å². The van der Waals surface area contributed by atoms with Gasteiger partial charge in [-0.25, -0.2) is 0 Å². The SMILES string of the molecule is CC[C@H]1C(=O)[C@H]2[C@@H]3CC[C@H]([C@H](C)CC(=O)O)[C@@H]3CC[C@@H]2[C@@H]2CC[C@@H](O)C[C@H]21. The molecule has 152 valence electrons. The van der Waals surface area contributed by atoms with E-state index in [-0.39, 0.29) is 30.3 Å². The van der Waals surface area contributed by atoms with Crippen molar-refractivity contribution in [2.75, 3.05) is 0 Å². The Morgan fingerprint density at radius 2 is 1.63 bits per heavy atom. The third-order valence-corrected chi connectivity index (χ3v) is 9.04. The van der Waals surface area contributed by atoms with E-state index in [1.165, 1.54) is 6.42 Å². The topological polar surface area (TPSA) is 74.6 Å². The average Bonchev–Trinajstić information content (AvgIpc) is 3.05. The van der Waals surface area contributed by atoms with Gasteiger partial charge in [-0.15, -0.1) is 0 Å². The fourth-order valence-electron chi connectivity index (χ4n) is 8.08. The lowest BCUT2D eigenvalue weighted by Crippen LogP contribution is -2.54. The number of carbonyl (C=O) groups excluding carboxylic acids is 1. The zero-order chi connectivity index (χ0) is 19.3. The highest BCUT2D eigenvalue weighted by molar-refractivity contribution is 5.85. The van der Waals surface area contributed by atoms with Crippen LogP contribution >= 0.6 is 0 Å². The van der Waals surface area contributed by atoms with Gasteiger partial charge in [0.1, 0.15) is 5.78 Å². The second-order valence-corrected chi connectivity index (χ2v) is 10.1. The van der Waals surface area contributed by atoms with Gasteiger partial charge in [0.05, 0.1) is 6.10 Å². The van der Waals surface area contributed by atoms with Crippen LogP contribution < -0.4 is 0 Å². The molecule has 4 aliphatic carbocycles. The molecule has 4 fully saturated rings. The number of carboxylic acids is 1. The van der Waals surface area contributed by atoms with Crippen molar-refractivity contribution in [1.82, 2.24) is 0 Å². The van der Waals surface area contributed by atoms with Gasteiger partial charge in [-0.05, 0) is 92.8 Å². The smallest absolute Gasteiger partial charge is 0.303 e. The van der Waals surface area contributed by atoms with E-state index in [1.54, 1.807) is 0 Å². The van der Waals surface area contributed by atoms with Crippen LogP contribution in [0.3, 0.4) is 0 Å². The summed E-state index contributed by atoms with van der Waals surface area (Å²) < 4.78 is 0. The number of carbonyl (C=O) groups is 2. The summed E-state index contributed by atoms with van der Waals surface area (Å²) in [6.45, 7) is 4.25. The minimum Gasteiger partial charge on any atom is -0.481 e. The Balaban J connectivity index is 1.57. The molecule has 4 nitrogen and oxygen atoms in total. The molecule has 4 rings (SSSR count). The Bertz CT molecular complexity index is 587. The van der Waals surface area contributed by atoms with E-state index in [2.05, 4.69) is 13.8 Å². The molecule has 2 N–H and O–H groups in total. The Morgan fingerprint density at radius 1 is 1.00 bits per heavy atom. The second kappa shape index (κ2) is 7.50. The van der Waals surface area contributed by atoms with Crippen molar-refractivity contribution < 1.29 is 19.8 Å². The van der Waals surface area contributed by atoms with Gasteiger partial charge in [0, 0.05) is 18.3 Å². The van der Waals surface area contributed by atoms with E-state index in [9.17, 15) is 19.8 Å². The Morgan fingerprint density at radius 3 is 2.33 bits per heavy atom. The lowest BCUT2D eigenvalue weighted by Gasteiger charge is -2.54. The van der Waals surface area contributed by atoms with Gasteiger partial charge in [0.15, 0.2) is 0 Å². The van der Waals surface area contributed by atoms with Gasteiger partial charge in [0.25, 0.3) is 0 Å². The van der Waals surface area contributed by atoms with Gasteiger partial charge in [-0.1, -0.05) is 13.8 Å². The van der Waals surface area contributed by atoms with Crippen LogP contribution in [0.1, 0.15) is 71.6 Å². The monoisotopic (exact) mass is 376 g/mol. The predicted molar refractivity (Wildman–Crippen MR) is 103 cm³/mol. The van der Waals surface area contributed by atoms with E-state index < -0.39 is 5.97 Å². The standard InChI is InChI=1S/C23H36O4/c1-3-14-20-11-13(24)4-5-17(20)19-9-7-16-15(12(2)10-21(25)26)6-8-18(16)22(19)23(14)27/h12-20,22,24H,3-11H2,1-2H3,(H,25,26)/t12-,13-,14-,15-,16+,17+,18-,19-,20+,22+/m1/s1. The third-order valence-electron chi connectivity index (χ3n) is 9.04. The first-order chi connectivity index (χ1) is 12.9. The zero-order valence-corrected chi connectivity index (χ0v) is 16.8. The molecule has 0 aromatic carbocycles. The zero-order valence-electron chi connectivity index (χ0n) is 16.8. The molecular formula is C23H36O4. The Kier molecular flexibility index (Phi) is 5.39. The predicted octanol–water partition coefficient (Wildman–Crippen LogP) is 4.15. The van der Waals surface area contributed by atoms with E-state index in [4.69, 9.17) is 0 Å². The molecule has 0 spiro atoms. The number of Topliss-reactive ketones (excluding diaryl/α,β-unsaturated/α-hetero) is 1. The van der Waals surface area contributed by atoms with Gasteiger partial charge < -0.3 is 10.2 Å². The van der Waals surface area contributed by atoms with E-state index in [0.29, 0.717) is 41.3 Å². The van der Waals surface area contributed by atoms with Gasteiger partial charge in [-0.2, -0.15) is 0 Å². The highest BCUT2D eigenvalue weighted by Gasteiger charge is 2.57. The van der Waals surface area contributed by atoms with Crippen LogP contribution in [0.25, 0.3) is 0 Å². The summed E-state index contributed by atoms with van der Waals surface area (Å²) in [6.07, 6.45) is 8.31. The number of fused-ring (bicyclic) bond motifs is 5. The van der Waals surface area contributed by atoms with Gasteiger partial charge >= 0.3 is 5.97 Å². The number of hydrogen-bond acceptors (Lipinski definition) is 3. The van der Waals surface area contributed by atoms with E-state index in [0.717, 1.165) is 44.9 Å². The number of aliphatic hydroxyl groups is 1. The average molecular weight is 377 g/mol. The minimum atomic E-state index is -0.692. The highest BCUT2D eigenvalue weighted by Crippen LogP contribution is 2.60. The largest absolute Gasteiger partial charge is 0.481 e. The van der Waals surface area contributed by atoms with Crippen LogP contribution in [0.5, 0.6) is 0 Å². The molecule has 0 aromatic heterocycles. The molecule has 4 aliphatic rings. The number of hydrogen-bond donors (Lipinski definition) is 2. The van der Waals surface area contributed by atoms with Crippen molar-refractivity contribution in [2.45, 2.75) is 77.7 Å². The van der Waals surface area contributed by atoms with Crippen molar-refractivity contribution in [3.63, 3.8) is 0 Å². The van der Waals surface area contributed by atoms with E-state index in [1.807, 2.05) is 0 Å². The third kappa shape index (κ3) is 3.26. The van der Waals surface area contributed by atoms with Crippen molar-refractivity contribution in [2.24, 2.45) is 53.3 Å². The number of ketones is 1. The van der Waals surface area contributed by atoms with Crippen molar-refractivity contribution in [3.05, 3.63) is 0 Å². The van der Waals surface area contributed by atoms with Crippen LogP contribution in [-0.2, 0) is 9.59 Å². The maximum atomic E-state index is 13.6. The van der Waals surface area contributed by atoms with Crippen LogP contribution in [0.4, 0.5) is 0 Å². The first-order valence-electron chi connectivity index (χ1n) is 11.4. The molecule has 0 saturated heterocycles. The Hall–Kier alpha value is -0.900. The normalized spacial score (nSPS) is 47.7. The first-order valence-corrected chi connectivity index (χ1v) is 11.4. The summed E-state index contributed by atoms with van der Waals surface area (Å²) in [5.41, 5.74) is 0. The number of aliphatic carboxylic acids is 1. The summed E-state index contributed by atoms with van der Waals surface area (Å²) in [4.78, 5) is 24.8. The van der Waals surface area contributed by atoms with Crippen LogP contribution in [0, 0.1) is 53.3 Å². The number of rotatable bonds is 4. The molecular weight excluding hydrogens is 340 g/mol. The molecule has 0 bridgehead atoms. The maximum absolute atomic E-state index is 13.6. The molecule has 0 aromatic rings. The van der Waals surface area contributed by atoms with Crippen molar-refractivity contribution in [3.8, 4) is 0 Å². The molecule has 0 amide bonds. The minimum absolute atomic E-state index is 0.139. The summed E-state index contributed by atoms with van der Waals surface area (Å²) >= 11 is 0. The van der Waals surface area contributed by atoms with Crippen LogP contribution in [-0.4, -0.2) is 28.1 Å². The fraction of sp³-hybridized carbons (Fsp3) is 0.913. The lowest BCUT2D eigenvalue weighted by atomic mass is 9.49. The molecule has 0 radical (unpaired) electrons. The molecule has 0 aliphatic heterocycles. The van der Waals surface area contributed by atoms with Gasteiger partial charge in [-0.3, -0.25) is 9.59 Å². The molecule has 0 heterocycles. The second-order valence-electron chi connectivity index (χ2n) is 10.1. The number of carboxylic acid groups (broad SMARTS) is 1. The number of aliphatic hydroxyl groups excluding tert-OH is 1. The summed E-state index contributed by atoms with van der Waals surface area (Å²) in [6, 6.07) is 0. The highest BCUT2D eigenvalue weighted by atomic mass is 16.4. The lowest BCUT2D eigenvalue weighted by molar-refractivity contribution is -0.151. The molecule has 4 heteroatoms. The molecule has 0 unspecified atom stereocenters. The van der Waals surface area contributed by atoms with Crippen LogP contribution in [0.2, 0.25) is 0 Å². The van der Waals surface area contributed by atoms with E-state index >= 15 is 0 Å². The maximum Gasteiger partial charge on any atom is 0.303 e.